The molecular formula is C16H15BrClN3O2. The van der Waals surface area contributed by atoms with E-state index in [9.17, 15) is 9.90 Å². The maximum atomic E-state index is 12.2. The van der Waals surface area contributed by atoms with Gasteiger partial charge in [-0.05, 0) is 57.4 Å². The number of carbonyl (C=O) groups is 1. The number of carbonyl (C=O) groups excluding carboxylic acids is 1. The van der Waals surface area contributed by atoms with Gasteiger partial charge < -0.3 is 10.8 Å². The van der Waals surface area contributed by atoms with Gasteiger partial charge in [-0.25, -0.2) is 5.43 Å². The van der Waals surface area contributed by atoms with Crippen LogP contribution < -0.4 is 11.2 Å². The molecule has 0 unspecified atom stereocenters. The highest BCUT2D eigenvalue weighted by Crippen LogP contribution is 2.23. The van der Waals surface area contributed by atoms with Crippen LogP contribution in [0.4, 0.5) is 0 Å². The van der Waals surface area contributed by atoms with Gasteiger partial charge in [-0.3, -0.25) is 4.79 Å². The number of hydrogen-bond acceptors (Lipinski definition) is 4. The first-order valence-corrected chi connectivity index (χ1v) is 7.95. The van der Waals surface area contributed by atoms with Gasteiger partial charge >= 0.3 is 0 Å². The maximum absolute atomic E-state index is 12.2. The molecule has 0 spiro atoms. The van der Waals surface area contributed by atoms with Crippen molar-refractivity contribution in [3.63, 3.8) is 0 Å². The number of phenols is 1. The van der Waals surface area contributed by atoms with E-state index < -0.39 is 5.92 Å². The van der Waals surface area contributed by atoms with Crippen LogP contribution in [0.2, 0.25) is 5.02 Å². The number of hydrogen-bond donors (Lipinski definition) is 3. The number of rotatable bonds is 5. The molecule has 0 aliphatic carbocycles. The van der Waals surface area contributed by atoms with Crippen molar-refractivity contribution >= 4 is 39.7 Å². The molecule has 2 rings (SSSR count). The van der Waals surface area contributed by atoms with Crippen LogP contribution >= 0.6 is 27.5 Å². The number of benzene rings is 2. The van der Waals surface area contributed by atoms with Crippen molar-refractivity contribution in [2.75, 3.05) is 6.54 Å². The average Bonchev–Trinajstić information content (AvgIpc) is 2.52. The van der Waals surface area contributed by atoms with Gasteiger partial charge in [0.05, 0.1) is 16.6 Å². The summed E-state index contributed by atoms with van der Waals surface area (Å²) >= 11 is 9.15. The number of nitrogens with one attached hydrogen (secondary N) is 1. The van der Waals surface area contributed by atoms with E-state index in [1.165, 1.54) is 12.3 Å². The van der Waals surface area contributed by atoms with Crippen LogP contribution in [-0.2, 0) is 4.79 Å². The van der Waals surface area contributed by atoms with Crippen molar-refractivity contribution in [3.8, 4) is 5.75 Å². The van der Waals surface area contributed by atoms with Crippen molar-refractivity contribution in [2.24, 2.45) is 10.8 Å². The highest BCUT2D eigenvalue weighted by Gasteiger charge is 2.18. The number of hydrazone groups is 1. The van der Waals surface area contributed by atoms with E-state index in [2.05, 4.69) is 26.5 Å². The van der Waals surface area contributed by atoms with Crippen molar-refractivity contribution in [1.29, 1.82) is 0 Å². The highest BCUT2D eigenvalue weighted by atomic mass is 79.9. The van der Waals surface area contributed by atoms with E-state index in [1.54, 1.807) is 36.4 Å². The van der Waals surface area contributed by atoms with E-state index in [0.717, 1.165) is 11.1 Å². The zero-order valence-electron chi connectivity index (χ0n) is 12.0. The van der Waals surface area contributed by atoms with Gasteiger partial charge in [0.25, 0.3) is 0 Å². The molecule has 0 aliphatic heterocycles. The standard InChI is InChI=1S/C16H15BrClN3O2/c17-14-6-10(4-5-15(14)22)9-20-21-16(23)13(8-19)11-2-1-3-12(18)7-11/h1-7,9,13,22H,8,19H2,(H,21,23)/b20-9+/t13-/m1/s1. The SMILES string of the molecule is NC[C@@H](C(=O)N/N=C/c1ccc(O)c(Br)c1)c1cccc(Cl)c1. The van der Waals surface area contributed by atoms with Gasteiger partial charge in [0, 0.05) is 11.6 Å². The molecule has 1 amide bonds. The Morgan fingerprint density at radius 3 is 2.83 bits per heavy atom. The fraction of sp³-hybridized carbons (Fsp3) is 0.125. The van der Waals surface area contributed by atoms with Crippen LogP contribution in [0, 0.1) is 0 Å². The summed E-state index contributed by atoms with van der Waals surface area (Å²) < 4.78 is 0.548. The summed E-state index contributed by atoms with van der Waals surface area (Å²) in [6.07, 6.45) is 1.48. The first-order chi connectivity index (χ1) is 11.0. The fourth-order valence-electron chi connectivity index (χ4n) is 1.97. The molecule has 2 aromatic carbocycles. The third kappa shape index (κ3) is 4.79. The molecule has 23 heavy (non-hydrogen) atoms. The molecule has 0 aromatic heterocycles. The van der Waals surface area contributed by atoms with Crippen LogP contribution in [-0.4, -0.2) is 23.8 Å². The molecule has 120 valence electrons. The smallest absolute Gasteiger partial charge is 0.248 e. The summed E-state index contributed by atoms with van der Waals surface area (Å²) in [4.78, 5) is 12.2. The maximum Gasteiger partial charge on any atom is 0.248 e. The summed E-state index contributed by atoms with van der Waals surface area (Å²) in [5.41, 5.74) is 9.61. The largest absolute Gasteiger partial charge is 0.507 e. The number of amides is 1. The molecule has 2 aromatic rings. The molecule has 7 heteroatoms. The lowest BCUT2D eigenvalue weighted by atomic mass is 9.99. The molecule has 5 nitrogen and oxygen atoms in total. The van der Waals surface area contributed by atoms with E-state index in [4.69, 9.17) is 17.3 Å². The van der Waals surface area contributed by atoms with E-state index in [1.807, 2.05) is 0 Å². The Labute approximate surface area is 147 Å². The quantitative estimate of drug-likeness (QED) is 0.536. The topological polar surface area (TPSA) is 87.7 Å². The van der Waals surface area contributed by atoms with Crippen LogP contribution in [0.3, 0.4) is 0 Å². The van der Waals surface area contributed by atoms with Crippen LogP contribution in [0.5, 0.6) is 5.75 Å². The molecule has 0 fully saturated rings. The zero-order chi connectivity index (χ0) is 16.8. The van der Waals surface area contributed by atoms with Gasteiger partial charge in [-0.1, -0.05) is 23.7 Å². The minimum absolute atomic E-state index is 0.135. The second kappa shape index (κ2) is 8.10. The van der Waals surface area contributed by atoms with Gasteiger partial charge in [-0.15, -0.1) is 0 Å². The lowest BCUT2D eigenvalue weighted by molar-refractivity contribution is -0.122. The van der Waals surface area contributed by atoms with Gasteiger partial charge in [-0.2, -0.15) is 5.10 Å². The van der Waals surface area contributed by atoms with Crippen molar-refractivity contribution in [3.05, 3.63) is 63.1 Å². The summed E-state index contributed by atoms with van der Waals surface area (Å²) in [5, 5.41) is 13.9. The second-order valence-corrected chi connectivity index (χ2v) is 6.08. The first-order valence-electron chi connectivity index (χ1n) is 6.78. The lowest BCUT2D eigenvalue weighted by Crippen LogP contribution is -2.30. The normalized spacial score (nSPS) is 12.3. The Hall–Kier alpha value is -1.89. The Balaban J connectivity index is 2.05. The number of phenolic OH excluding ortho intramolecular Hbond substituents is 1. The van der Waals surface area contributed by atoms with Gasteiger partial charge in [0.2, 0.25) is 5.91 Å². The summed E-state index contributed by atoms with van der Waals surface area (Å²) in [7, 11) is 0. The molecule has 0 aliphatic rings. The zero-order valence-corrected chi connectivity index (χ0v) is 14.4. The van der Waals surface area contributed by atoms with Gasteiger partial charge in [0.15, 0.2) is 0 Å². The van der Waals surface area contributed by atoms with E-state index >= 15 is 0 Å². The van der Waals surface area contributed by atoms with E-state index in [0.29, 0.717) is 9.50 Å². The van der Waals surface area contributed by atoms with E-state index in [-0.39, 0.29) is 18.2 Å². The molecule has 0 radical (unpaired) electrons. The third-order valence-electron chi connectivity index (χ3n) is 3.16. The number of nitrogens with zero attached hydrogens (tertiary/aromatic N) is 1. The number of aromatic hydroxyl groups is 1. The van der Waals surface area contributed by atoms with Crippen molar-refractivity contribution < 1.29 is 9.90 Å². The molecular weight excluding hydrogens is 382 g/mol. The second-order valence-electron chi connectivity index (χ2n) is 4.79. The van der Waals surface area contributed by atoms with Crippen molar-refractivity contribution in [2.45, 2.75) is 5.92 Å². The predicted molar refractivity (Wildman–Crippen MR) is 94.8 cm³/mol. The number of nitrogens with two attached hydrogens (primary N) is 1. The minimum Gasteiger partial charge on any atom is -0.507 e. The molecule has 0 heterocycles. The summed E-state index contributed by atoms with van der Waals surface area (Å²) in [6.45, 7) is 0.145. The Bertz CT molecular complexity index is 737. The monoisotopic (exact) mass is 395 g/mol. The number of halogens is 2. The summed E-state index contributed by atoms with van der Waals surface area (Å²) in [6, 6.07) is 11.9. The Kier molecular flexibility index (Phi) is 6.15. The van der Waals surface area contributed by atoms with Crippen LogP contribution in [0.1, 0.15) is 17.0 Å². The Morgan fingerprint density at radius 2 is 2.17 bits per heavy atom. The highest BCUT2D eigenvalue weighted by molar-refractivity contribution is 9.10. The molecule has 1 atom stereocenters. The van der Waals surface area contributed by atoms with Crippen LogP contribution in [0.15, 0.2) is 52.0 Å². The predicted octanol–water partition coefficient (Wildman–Crippen LogP) is 3.00. The minimum atomic E-state index is -0.530. The van der Waals surface area contributed by atoms with Crippen LogP contribution in [0.25, 0.3) is 0 Å². The van der Waals surface area contributed by atoms with Crippen molar-refractivity contribution in [1.82, 2.24) is 5.43 Å². The molecule has 0 saturated carbocycles. The van der Waals surface area contributed by atoms with Gasteiger partial charge in [0.1, 0.15) is 5.75 Å². The lowest BCUT2D eigenvalue weighted by Gasteiger charge is -2.13. The fourth-order valence-corrected chi connectivity index (χ4v) is 2.56. The molecule has 0 saturated heterocycles. The molecule has 0 bridgehead atoms. The average molecular weight is 397 g/mol. The summed E-state index contributed by atoms with van der Waals surface area (Å²) in [5.74, 6) is -0.711. The Morgan fingerprint density at radius 1 is 1.39 bits per heavy atom. The third-order valence-corrected chi connectivity index (χ3v) is 4.03. The first kappa shape index (κ1) is 17.5. The molecule has 4 N–H and O–H groups in total.